The molecule has 1 rings (SSSR count). The largest absolute Gasteiger partial charge is 0.394 e. The van der Waals surface area contributed by atoms with Crippen LogP contribution in [0.1, 0.15) is 31.2 Å². The summed E-state index contributed by atoms with van der Waals surface area (Å²) in [6.07, 6.45) is 4.52. The third-order valence-corrected chi connectivity index (χ3v) is 2.67. The highest BCUT2D eigenvalue weighted by molar-refractivity contribution is 5.13. The molecule has 0 amide bonds. The number of benzene rings is 1. The predicted octanol–water partition coefficient (Wildman–Crippen LogP) is 2.77. The minimum atomic E-state index is 0.118. The molecule has 0 aliphatic carbocycles. The number of rotatable bonds is 11. The van der Waals surface area contributed by atoms with Crippen molar-refractivity contribution in [3.8, 4) is 0 Å². The van der Waals surface area contributed by atoms with Gasteiger partial charge < -0.3 is 14.6 Å². The Labute approximate surface area is 110 Å². The average molecular weight is 252 g/mol. The van der Waals surface area contributed by atoms with Crippen LogP contribution < -0.4 is 0 Å². The maximum atomic E-state index is 8.52. The molecule has 0 aromatic heterocycles. The lowest BCUT2D eigenvalue weighted by molar-refractivity contribution is 0.0879. The van der Waals surface area contributed by atoms with Crippen LogP contribution in [0, 0.1) is 0 Å². The van der Waals surface area contributed by atoms with Crippen LogP contribution in [0.3, 0.4) is 0 Å². The number of hydrogen-bond donors (Lipinski definition) is 1. The van der Waals surface area contributed by atoms with E-state index < -0.39 is 0 Å². The molecule has 0 fully saturated rings. The standard InChI is InChI=1S/C15H24O3/c16-10-13-17-11-6-1-2-7-12-18-14-15-8-4-3-5-9-15/h3-5,8-9,16H,1-2,6-7,10-14H2. The first-order valence-electron chi connectivity index (χ1n) is 6.74. The van der Waals surface area contributed by atoms with Gasteiger partial charge in [0.05, 0.1) is 19.8 Å². The molecule has 0 aliphatic heterocycles. The Balaban J connectivity index is 1.82. The van der Waals surface area contributed by atoms with Crippen LogP contribution in [0.2, 0.25) is 0 Å². The SMILES string of the molecule is OCCOCCCCCCOCc1ccccc1. The molecule has 0 spiro atoms. The molecule has 0 aliphatic rings. The van der Waals surface area contributed by atoms with Gasteiger partial charge >= 0.3 is 0 Å². The predicted molar refractivity (Wildman–Crippen MR) is 72.5 cm³/mol. The molecule has 0 heterocycles. The molecule has 3 heteroatoms. The van der Waals surface area contributed by atoms with Crippen molar-refractivity contribution in [2.24, 2.45) is 0 Å². The van der Waals surface area contributed by atoms with Crippen molar-refractivity contribution < 1.29 is 14.6 Å². The Morgan fingerprint density at radius 2 is 1.44 bits per heavy atom. The van der Waals surface area contributed by atoms with Gasteiger partial charge in [0.25, 0.3) is 0 Å². The summed E-state index contributed by atoms with van der Waals surface area (Å²) in [5.74, 6) is 0. The van der Waals surface area contributed by atoms with Gasteiger partial charge in [-0.2, -0.15) is 0 Å². The van der Waals surface area contributed by atoms with E-state index in [1.807, 2.05) is 18.2 Å². The van der Waals surface area contributed by atoms with E-state index in [9.17, 15) is 0 Å². The zero-order valence-corrected chi connectivity index (χ0v) is 11.0. The zero-order valence-electron chi connectivity index (χ0n) is 11.0. The van der Waals surface area contributed by atoms with E-state index in [1.165, 1.54) is 18.4 Å². The highest BCUT2D eigenvalue weighted by Gasteiger charge is 1.93. The number of aliphatic hydroxyl groups is 1. The van der Waals surface area contributed by atoms with Gasteiger partial charge in [0.15, 0.2) is 0 Å². The molecule has 0 saturated heterocycles. The van der Waals surface area contributed by atoms with Gasteiger partial charge in [0.1, 0.15) is 0 Å². The van der Waals surface area contributed by atoms with E-state index in [0.29, 0.717) is 13.2 Å². The summed E-state index contributed by atoms with van der Waals surface area (Å²) in [5, 5.41) is 8.52. The Morgan fingerprint density at radius 1 is 0.778 bits per heavy atom. The molecule has 18 heavy (non-hydrogen) atoms. The van der Waals surface area contributed by atoms with Crippen molar-refractivity contribution >= 4 is 0 Å². The number of hydrogen-bond acceptors (Lipinski definition) is 3. The smallest absolute Gasteiger partial charge is 0.0716 e. The minimum Gasteiger partial charge on any atom is -0.394 e. The monoisotopic (exact) mass is 252 g/mol. The van der Waals surface area contributed by atoms with Crippen molar-refractivity contribution in [2.45, 2.75) is 32.3 Å². The van der Waals surface area contributed by atoms with Crippen molar-refractivity contribution in [3.05, 3.63) is 35.9 Å². The van der Waals surface area contributed by atoms with E-state index in [-0.39, 0.29) is 6.61 Å². The summed E-state index contributed by atoms with van der Waals surface area (Å²) in [5.41, 5.74) is 1.23. The summed E-state index contributed by atoms with van der Waals surface area (Å²) >= 11 is 0. The van der Waals surface area contributed by atoms with Crippen LogP contribution in [0.5, 0.6) is 0 Å². The third-order valence-electron chi connectivity index (χ3n) is 2.67. The Kier molecular flexibility index (Phi) is 9.44. The fraction of sp³-hybridized carbons (Fsp3) is 0.600. The Morgan fingerprint density at radius 3 is 2.11 bits per heavy atom. The van der Waals surface area contributed by atoms with E-state index >= 15 is 0 Å². The minimum absolute atomic E-state index is 0.118. The molecule has 0 saturated carbocycles. The molecule has 0 radical (unpaired) electrons. The van der Waals surface area contributed by atoms with Gasteiger partial charge in [-0.05, 0) is 18.4 Å². The summed E-state index contributed by atoms with van der Waals surface area (Å²) in [4.78, 5) is 0. The lowest BCUT2D eigenvalue weighted by Crippen LogP contribution is -2.01. The molecular formula is C15H24O3. The molecule has 0 unspecified atom stereocenters. The summed E-state index contributed by atoms with van der Waals surface area (Å²) in [6.45, 7) is 2.87. The third kappa shape index (κ3) is 8.23. The average Bonchev–Trinajstić information content (AvgIpc) is 2.42. The Hall–Kier alpha value is -0.900. The molecule has 0 bridgehead atoms. The van der Waals surface area contributed by atoms with Crippen LogP contribution in [0.4, 0.5) is 0 Å². The molecular weight excluding hydrogens is 228 g/mol. The van der Waals surface area contributed by atoms with Crippen LogP contribution >= 0.6 is 0 Å². The van der Waals surface area contributed by atoms with Crippen molar-refractivity contribution in [1.82, 2.24) is 0 Å². The highest BCUT2D eigenvalue weighted by Crippen LogP contribution is 2.04. The maximum Gasteiger partial charge on any atom is 0.0716 e. The molecule has 1 N–H and O–H groups in total. The maximum absolute atomic E-state index is 8.52. The van der Waals surface area contributed by atoms with Gasteiger partial charge in [-0.3, -0.25) is 0 Å². The fourth-order valence-electron chi connectivity index (χ4n) is 1.69. The highest BCUT2D eigenvalue weighted by atomic mass is 16.5. The van der Waals surface area contributed by atoms with Gasteiger partial charge in [-0.1, -0.05) is 43.2 Å². The second-order valence-corrected chi connectivity index (χ2v) is 4.29. The number of aliphatic hydroxyl groups excluding tert-OH is 1. The van der Waals surface area contributed by atoms with Crippen LogP contribution in [-0.2, 0) is 16.1 Å². The van der Waals surface area contributed by atoms with Gasteiger partial charge in [-0.25, -0.2) is 0 Å². The first-order chi connectivity index (χ1) is 8.93. The molecule has 102 valence electrons. The second-order valence-electron chi connectivity index (χ2n) is 4.29. The van der Waals surface area contributed by atoms with Gasteiger partial charge in [0, 0.05) is 13.2 Å². The topological polar surface area (TPSA) is 38.7 Å². The number of ether oxygens (including phenoxy) is 2. The molecule has 3 nitrogen and oxygen atoms in total. The Bertz CT molecular complexity index is 274. The van der Waals surface area contributed by atoms with Crippen molar-refractivity contribution in [3.63, 3.8) is 0 Å². The second kappa shape index (κ2) is 11.2. The summed E-state index contributed by atoms with van der Waals surface area (Å²) in [7, 11) is 0. The van der Waals surface area contributed by atoms with Crippen LogP contribution in [0.25, 0.3) is 0 Å². The van der Waals surface area contributed by atoms with Gasteiger partial charge in [0.2, 0.25) is 0 Å². The van der Waals surface area contributed by atoms with E-state index in [2.05, 4.69) is 12.1 Å². The van der Waals surface area contributed by atoms with Gasteiger partial charge in [-0.15, -0.1) is 0 Å². The summed E-state index contributed by atoms with van der Waals surface area (Å²) in [6, 6.07) is 10.2. The van der Waals surface area contributed by atoms with Crippen molar-refractivity contribution in [2.75, 3.05) is 26.4 Å². The summed E-state index contributed by atoms with van der Waals surface area (Å²) < 4.78 is 10.8. The molecule has 1 aromatic carbocycles. The quantitative estimate of drug-likeness (QED) is 0.615. The first-order valence-corrected chi connectivity index (χ1v) is 6.74. The normalized spacial score (nSPS) is 10.7. The number of unbranched alkanes of at least 4 members (excludes halogenated alkanes) is 3. The van der Waals surface area contributed by atoms with E-state index in [4.69, 9.17) is 14.6 Å². The molecule has 0 atom stereocenters. The van der Waals surface area contributed by atoms with E-state index in [1.54, 1.807) is 0 Å². The zero-order chi connectivity index (χ0) is 12.9. The van der Waals surface area contributed by atoms with Crippen LogP contribution in [-0.4, -0.2) is 31.5 Å². The first kappa shape index (κ1) is 15.2. The van der Waals surface area contributed by atoms with Crippen LogP contribution in [0.15, 0.2) is 30.3 Å². The fourth-order valence-corrected chi connectivity index (χ4v) is 1.69. The molecule has 1 aromatic rings. The van der Waals surface area contributed by atoms with Crippen molar-refractivity contribution in [1.29, 1.82) is 0 Å². The lowest BCUT2D eigenvalue weighted by atomic mass is 10.2. The lowest BCUT2D eigenvalue weighted by Gasteiger charge is -2.05. The van der Waals surface area contributed by atoms with E-state index in [0.717, 1.165) is 26.1 Å².